The monoisotopic (exact) mass is 335 g/mol. The van der Waals surface area contributed by atoms with Gasteiger partial charge in [0.25, 0.3) is 0 Å². The first-order valence-corrected chi connectivity index (χ1v) is 8.71. The van der Waals surface area contributed by atoms with E-state index in [-0.39, 0.29) is 30.2 Å². The van der Waals surface area contributed by atoms with Crippen LogP contribution in [0, 0.1) is 19.8 Å². The molecule has 3 heterocycles. The number of likely N-dealkylation sites (tertiary alicyclic amines) is 1. The number of aryl methyl sites for hydroxylation is 2. The van der Waals surface area contributed by atoms with E-state index in [4.69, 9.17) is 0 Å². The van der Waals surface area contributed by atoms with Gasteiger partial charge in [-0.15, -0.1) is 22.7 Å². The molecule has 3 rings (SSSR count). The molecule has 22 heavy (non-hydrogen) atoms. The number of aromatic nitrogens is 1. The molecule has 1 aliphatic rings. The summed E-state index contributed by atoms with van der Waals surface area (Å²) in [6.07, 6.45) is 0.244. The Kier molecular flexibility index (Phi) is 4.01. The molecule has 5 nitrogen and oxygen atoms in total. The molecule has 2 aromatic heterocycles. The van der Waals surface area contributed by atoms with E-state index >= 15 is 0 Å². The maximum absolute atomic E-state index is 12.6. The topological polar surface area (TPSA) is 62.3 Å². The fourth-order valence-corrected chi connectivity index (χ4v) is 4.43. The fraction of sp³-hybridized carbons (Fsp3) is 0.400. The number of carbonyl (C=O) groups excluding carboxylic acids is 2. The molecule has 1 aliphatic heterocycles. The van der Waals surface area contributed by atoms with Crippen molar-refractivity contribution in [3.8, 4) is 0 Å². The summed E-state index contributed by atoms with van der Waals surface area (Å²) >= 11 is 3.04. The number of carbonyl (C=O) groups is 2. The van der Waals surface area contributed by atoms with Gasteiger partial charge in [-0.1, -0.05) is 6.07 Å². The van der Waals surface area contributed by atoms with Crippen LogP contribution in [0.1, 0.15) is 27.9 Å². The van der Waals surface area contributed by atoms with Crippen molar-refractivity contribution < 1.29 is 9.59 Å². The summed E-state index contributed by atoms with van der Waals surface area (Å²) < 4.78 is 0. The van der Waals surface area contributed by atoms with Crippen molar-refractivity contribution in [1.82, 2.24) is 9.88 Å². The highest BCUT2D eigenvalue weighted by Gasteiger charge is 2.43. The fourth-order valence-electron chi connectivity index (χ4n) is 2.68. The van der Waals surface area contributed by atoms with Crippen LogP contribution in [0.3, 0.4) is 0 Å². The lowest BCUT2D eigenvalue weighted by molar-refractivity contribution is -0.127. The van der Waals surface area contributed by atoms with Gasteiger partial charge in [0.1, 0.15) is 0 Å². The zero-order valence-corrected chi connectivity index (χ0v) is 14.3. The molecule has 116 valence electrons. The number of nitrogens with one attached hydrogen (secondary N) is 1. The minimum absolute atomic E-state index is 0.00468. The first kappa shape index (κ1) is 15.2. The van der Waals surface area contributed by atoms with Crippen LogP contribution in [0.25, 0.3) is 0 Å². The molecule has 0 bridgehead atoms. The Labute approximate surface area is 137 Å². The largest absolute Gasteiger partial charge is 0.337 e. The lowest BCUT2D eigenvalue weighted by atomic mass is 9.98. The normalized spacial score (nSPS) is 21.4. The van der Waals surface area contributed by atoms with E-state index in [1.807, 2.05) is 31.4 Å². The van der Waals surface area contributed by atoms with E-state index in [0.29, 0.717) is 5.13 Å². The highest BCUT2D eigenvalue weighted by molar-refractivity contribution is 7.15. The summed E-state index contributed by atoms with van der Waals surface area (Å²) in [5.74, 6) is -0.504. The second-order valence-corrected chi connectivity index (χ2v) is 7.61. The van der Waals surface area contributed by atoms with Gasteiger partial charge in [-0.3, -0.25) is 9.59 Å². The van der Waals surface area contributed by atoms with Crippen molar-refractivity contribution in [2.75, 3.05) is 12.4 Å². The van der Waals surface area contributed by atoms with Crippen LogP contribution in [0.4, 0.5) is 5.13 Å². The summed E-state index contributed by atoms with van der Waals surface area (Å²) in [5.41, 5.74) is 0.926. The average Bonchev–Trinajstić information content (AvgIpc) is 3.14. The molecule has 0 spiro atoms. The Morgan fingerprint density at radius 2 is 2.23 bits per heavy atom. The molecule has 0 aromatic carbocycles. The first-order chi connectivity index (χ1) is 10.5. The molecule has 0 radical (unpaired) electrons. The van der Waals surface area contributed by atoms with E-state index < -0.39 is 0 Å². The maximum Gasteiger partial charge on any atom is 0.232 e. The summed E-state index contributed by atoms with van der Waals surface area (Å²) in [5, 5.41) is 5.44. The Morgan fingerprint density at radius 1 is 1.45 bits per heavy atom. The van der Waals surface area contributed by atoms with E-state index in [2.05, 4.69) is 10.3 Å². The summed E-state index contributed by atoms with van der Waals surface area (Å²) in [6, 6.07) is 3.73. The highest BCUT2D eigenvalue weighted by atomic mass is 32.1. The predicted molar refractivity (Wildman–Crippen MR) is 88.2 cm³/mol. The van der Waals surface area contributed by atoms with Crippen molar-refractivity contribution in [2.24, 2.45) is 5.92 Å². The van der Waals surface area contributed by atoms with Crippen molar-refractivity contribution in [3.63, 3.8) is 0 Å². The van der Waals surface area contributed by atoms with Crippen molar-refractivity contribution >= 4 is 39.6 Å². The Bertz CT molecular complexity index is 689. The number of hydrogen-bond acceptors (Lipinski definition) is 5. The molecular formula is C15H17N3O2S2. The number of rotatable bonds is 3. The Morgan fingerprint density at radius 3 is 2.82 bits per heavy atom. The van der Waals surface area contributed by atoms with Gasteiger partial charge < -0.3 is 10.2 Å². The molecule has 0 saturated carbocycles. The summed E-state index contributed by atoms with van der Waals surface area (Å²) in [7, 11) is 1.76. The number of amides is 2. The zero-order chi connectivity index (χ0) is 15.9. The zero-order valence-electron chi connectivity index (χ0n) is 12.6. The Balaban J connectivity index is 1.82. The summed E-state index contributed by atoms with van der Waals surface area (Å²) in [4.78, 5) is 32.8. The highest BCUT2D eigenvalue weighted by Crippen LogP contribution is 2.39. The minimum atomic E-state index is -0.374. The second-order valence-electron chi connectivity index (χ2n) is 5.43. The molecule has 2 aromatic rings. The molecular weight excluding hydrogens is 318 g/mol. The Hall–Kier alpha value is -1.73. The van der Waals surface area contributed by atoms with Gasteiger partial charge in [-0.2, -0.15) is 0 Å². The molecule has 2 atom stereocenters. The summed E-state index contributed by atoms with van der Waals surface area (Å²) in [6.45, 7) is 3.90. The lowest BCUT2D eigenvalue weighted by Crippen LogP contribution is -2.29. The number of thiophene rings is 1. The predicted octanol–water partition coefficient (Wildman–Crippen LogP) is 2.98. The number of hydrogen-bond donors (Lipinski definition) is 1. The lowest BCUT2D eigenvalue weighted by Gasteiger charge is -2.23. The van der Waals surface area contributed by atoms with E-state index in [1.54, 1.807) is 23.3 Å². The molecule has 1 N–H and O–H groups in total. The van der Waals surface area contributed by atoms with Gasteiger partial charge in [0.05, 0.1) is 17.7 Å². The van der Waals surface area contributed by atoms with Gasteiger partial charge in [-0.25, -0.2) is 4.98 Å². The number of anilines is 1. The molecule has 1 saturated heterocycles. The van der Waals surface area contributed by atoms with E-state index in [1.165, 1.54) is 11.3 Å². The second kappa shape index (κ2) is 5.81. The van der Waals surface area contributed by atoms with Crippen LogP contribution in [0.15, 0.2) is 17.5 Å². The standard InChI is InChI=1S/C15H17N3O2S2/c1-8-9(2)22-15(16-8)17-14(20)10-7-12(19)18(3)13(10)11-5-4-6-21-11/h4-6,10,13H,7H2,1-3H3,(H,16,17,20)/t10-,13+/m1/s1. The molecule has 7 heteroatoms. The van der Waals surface area contributed by atoms with Crippen molar-refractivity contribution in [1.29, 1.82) is 0 Å². The van der Waals surface area contributed by atoms with Crippen LogP contribution in [-0.4, -0.2) is 28.7 Å². The molecule has 1 fully saturated rings. The van der Waals surface area contributed by atoms with Gasteiger partial charge >= 0.3 is 0 Å². The molecule has 0 unspecified atom stereocenters. The third kappa shape index (κ3) is 2.66. The quantitative estimate of drug-likeness (QED) is 0.938. The van der Waals surface area contributed by atoms with E-state index in [0.717, 1.165) is 15.4 Å². The van der Waals surface area contributed by atoms with Crippen LogP contribution >= 0.6 is 22.7 Å². The van der Waals surface area contributed by atoms with Crippen LogP contribution in [0.2, 0.25) is 0 Å². The van der Waals surface area contributed by atoms with Crippen LogP contribution in [-0.2, 0) is 9.59 Å². The van der Waals surface area contributed by atoms with Gasteiger partial charge in [0, 0.05) is 23.2 Å². The average molecular weight is 335 g/mol. The maximum atomic E-state index is 12.6. The molecule has 0 aliphatic carbocycles. The van der Waals surface area contributed by atoms with Crippen molar-refractivity contribution in [2.45, 2.75) is 26.3 Å². The van der Waals surface area contributed by atoms with Gasteiger partial charge in [0.2, 0.25) is 11.8 Å². The third-order valence-electron chi connectivity index (χ3n) is 4.02. The minimum Gasteiger partial charge on any atom is -0.337 e. The van der Waals surface area contributed by atoms with Gasteiger partial charge in [0.15, 0.2) is 5.13 Å². The first-order valence-electron chi connectivity index (χ1n) is 7.01. The van der Waals surface area contributed by atoms with Gasteiger partial charge in [-0.05, 0) is 25.3 Å². The number of nitrogens with zero attached hydrogens (tertiary/aromatic N) is 2. The smallest absolute Gasteiger partial charge is 0.232 e. The van der Waals surface area contributed by atoms with Crippen LogP contribution in [0.5, 0.6) is 0 Å². The number of thiazole rings is 1. The van der Waals surface area contributed by atoms with Crippen LogP contribution < -0.4 is 5.32 Å². The van der Waals surface area contributed by atoms with Crippen molar-refractivity contribution in [3.05, 3.63) is 33.0 Å². The van der Waals surface area contributed by atoms with E-state index in [9.17, 15) is 9.59 Å². The SMILES string of the molecule is Cc1nc(NC(=O)[C@@H]2CC(=O)N(C)[C@@H]2c2cccs2)sc1C. The third-order valence-corrected chi connectivity index (χ3v) is 5.95. The molecule has 2 amide bonds.